The second-order valence-electron chi connectivity index (χ2n) is 9.83. The van der Waals surface area contributed by atoms with E-state index in [1.165, 1.54) is 6.07 Å². The number of benzene rings is 1. The predicted octanol–water partition coefficient (Wildman–Crippen LogP) is 3.89. The molecule has 1 saturated carbocycles. The lowest BCUT2D eigenvalue weighted by Crippen LogP contribution is -2.57. The first-order valence-corrected chi connectivity index (χ1v) is 12.2. The van der Waals surface area contributed by atoms with Crippen LogP contribution >= 0.6 is 11.3 Å². The van der Waals surface area contributed by atoms with Crippen molar-refractivity contribution in [2.75, 3.05) is 23.8 Å². The zero-order chi connectivity index (χ0) is 23.8. The van der Waals surface area contributed by atoms with Crippen molar-refractivity contribution in [3.63, 3.8) is 0 Å². The Bertz CT molecular complexity index is 1040. The number of carbonyl (C=O) groups excluding carboxylic acids is 1. The molecule has 0 aliphatic heterocycles. The van der Waals surface area contributed by atoms with Crippen LogP contribution in [0.25, 0.3) is 0 Å². The lowest BCUT2D eigenvalue weighted by Gasteiger charge is -2.58. The highest BCUT2D eigenvalue weighted by atomic mass is 32.1. The van der Waals surface area contributed by atoms with Crippen molar-refractivity contribution in [1.82, 2.24) is 4.98 Å². The molecule has 5 atom stereocenters. The fourth-order valence-electron chi connectivity index (χ4n) is 5.86. The number of hydrogen-bond acceptors (Lipinski definition) is 7. The average Bonchev–Trinajstić information content (AvgIpc) is 3.19. The molecule has 1 fully saturated rings. The van der Waals surface area contributed by atoms with E-state index in [-0.39, 0.29) is 41.9 Å². The number of carbonyl (C=O) groups is 1. The van der Waals surface area contributed by atoms with Crippen molar-refractivity contribution >= 4 is 28.1 Å². The summed E-state index contributed by atoms with van der Waals surface area (Å²) in [5.41, 5.74) is 0.532. The zero-order valence-electron chi connectivity index (χ0n) is 19.2. The van der Waals surface area contributed by atoms with Crippen LogP contribution in [0, 0.1) is 16.7 Å². The molecule has 33 heavy (non-hydrogen) atoms. The lowest BCUT2D eigenvalue weighted by atomic mass is 9.47. The highest BCUT2D eigenvalue weighted by Crippen LogP contribution is 2.62. The standard InChI is InChI=1S/C25H33N3O4S/c1-4-10-26-23-28-22-17(12-21(32)27-15-6-5-7-16(30)11-15)24(2)9-8-20(31)25(3,14-29)19(24)13-18(22)33-23/h4-7,11,17,19-20,29-31H,1,8-10,12-14H2,2-3H3,(H,26,28)(H,27,32)/t17-,19+,20-,24+,25+/m1/s1. The molecule has 1 aromatic carbocycles. The number of amides is 1. The molecule has 8 heteroatoms. The first-order valence-electron chi connectivity index (χ1n) is 11.4. The monoisotopic (exact) mass is 471 g/mol. The summed E-state index contributed by atoms with van der Waals surface area (Å²) in [4.78, 5) is 19.1. The van der Waals surface area contributed by atoms with Crippen LogP contribution in [0.4, 0.5) is 10.8 Å². The lowest BCUT2D eigenvalue weighted by molar-refractivity contribution is -0.143. The smallest absolute Gasteiger partial charge is 0.225 e. The molecule has 0 radical (unpaired) electrons. The molecule has 5 N–H and O–H groups in total. The molecule has 0 bridgehead atoms. The number of anilines is 2. The Kier molecular flexibility index (Phi) is 6.53. The van der Waals surface area contributed by atoms with E-state index in [9.17, 15) is 20.1 Å². The predicted molar refractivity (Wildman–Crippen MR) is 131 cm³/mol. The summed E-state index contributed by atoms with van der Waals surface area (Å²) in [6.45, 7) is 8.40. The number of phenolic OH excluding ortho intramolecular Hbond substituents is 1. The number of hydrogen-bond donors (Lipinski definition) is 5. The van der Waals surface area contributed by atoms with Crippen LogP contribution in [0.1, 0.15) is 49.6 Å². The number of aliphatic hydroxyl groups excluding tert-OH is 2. The maximum absolute atomic E-state index is 13.1. The second-order valence-corrected chi connectivity index (χ2v) is 10.9. The summed E-state index contributed by atoms with van der Waals surface area (Å²) in [5.74, 6) is -0.198. The Hall–Kier alpha value is -2.42. The molecular formula is C25H33N3O4S. The van der Waals surface area contributed by atoms with Gasteiger partial charge in [-0.05, 0) is 42.7 Å². The van der Waals surface area contributed by atoms with Gasteiger partial charge in [-0.2, -0.15) is 0 Å². The third-order valence-corrected chi connectivity index (χ3v) is 8.86. The quantitative estimate of drug-likeness (QED) is 0.392. The number of nitrogens with one attached hydrogen (secondary N) is 2. The van der Waals surface area contributed by atoms with Gasteiger partial charge in [0.05, 0.1) is 18.4 Å². The second kappa shape index (κ2) is 9.08. The molecule has 7 nitrogen and oxygen atoms in total. The number of thiazole rings is 1. The first-order chi connectivity index (χ1) is 15.7. The fourth-order valence-corrected chi connectivity index (χ4v) is 6.94. The van der Waals surface area contributed by atoms with Crippen molar-refractivity contribution < 1.29 is 20.1 Å². The maximum Gasteiger partial charge on any atom is 0.225 e. The first kappa shape index (κ1) is 23.7. The number of rotatable bonds is 7. The van der Waals surface area contributed by atoms with Crippen molar-refractivity contribution in [2.24, 2.45) is 16.7 Å². The van der Waals surface area contributed by atoms with E-state index in [4.69, 9.17) is 4.98 Å². The van der Waals surface area contributed by atoms with Crippen LogP contribution in [-0.2, 0) is 11.2 Å². The van der Waals surface area contributed by atoms with Gasteiger partial charge in [0.2, 0.25) is 5.91 Å². The zero-order valence-corrected chi connectivity index (χ0v) is 20.0. The maximum atomic E-state index is 13.1. The van der Waals surface area contributed by atoms with Crippen LogP contribution in [0.2, 0.25) is 0 Å². The highest BCUT2D eigenvalue weighted by Gasteiger charge is 2.59. The van der Waals surface area contributed by atoms with Gasteiger partial charge >= 0.3 is 0 Å². The fraction of sp³-hybridized carbons (Fsp3) is 0.520. The van der Waals surface area contributed by atoms with Gasteiger partial charge in [-0.25, -0.2) is 4.98 Å². The van der Waals surface area contributed by atoms with E-state index in [1.807, 2.05) is 6.92 Å². The number of aromatic nitrogens is 1. The van der Waals surface area contributed by atoms with E-state index in [1.54, 1.807) is 35.6 Å². The van der Waals surface area contributed by atoms with Gasteiger partial charge in [-0.3, -0.25) is 4.79 Å². The Labute approximate surface area is 198 Å². The molecule has 2 aliphatic carbocycles. The van der Waals surface area contributed by atoms with Crippen molar-refractivity contribution in [3.05, 3.63) is 47.5 Å². The van der Waals surface area contributed by atoms with Crippen molar-refractivity contribution in [1.29, 1.82) is 0 Å². The topological polar surface area (TPSA) is 115 Å². The minimum Gasteiger partial charge on any atom is -0.508 e. The highest BCUT2D eigenvalue weighted by molar-refractivity contribution is 7.15. The molecule has 0 spiro atoms. The average molecular weight is 472 g/mol. The van der Waals surface area contributed by atoms with Gasteiger partial charge in [-0.1, -0.05) is 26.0 Å². The Morgan fingerprint density at radius 1 is 1.39 bits per heavy atom. The van der Waals surface area contributed by atoms with Crippen molar-refractivity contribution in [2.45, 2.75) is 51.6 Å². The molecule has 1 heterocycles. The normalized spacial score (nSPS) is 30.7. The Morgan fingerprint density at radius 3 is 2.88 bits per heavy atom. The minimum absolute atomic E-state index is 0.0116. The van der Waals surface area contributed by atoms with Crippen LogP contribution in [0.3, 0.4) is 0 Å². The molecule has 178 valence electrons. The van der Waals surface area contributed by atoms with Crippen LogP contribution in [0.15, 0.2) is 36.9 Å². The van der Waals surface area contributed by atoms with Gasteiger partial charge in [0.1, 0.15) is 5.75 Å². The van der Waals surface area contributed by atoms with Gasteiger partial charge < -0.3 is 26.0 Å². The molecule has 0 saturated heterocycles. The van der Waals surface area contributed by atoms with Gasteiger partial charge in [0, 0.05) is 40.9 Å². The summed E-state index contributed by atoms with van der Waals surface area (Å²) in [7, 11) is 0. The third-order valence-electron chi connectivity index (χ3n) is 7.81. The number of fused-ring (bicyclic) bond motifs is 2. The molecule has 2 aliphatic rings. The summed E-state index contributed by atoms with van der Waals surface area (Å²) >= 11 is 1.58. The van der Waals surface area contributed by atoms with Gasteiger partial charge in [0.25, 0.3) is 0 Å². The molecular weight excluding hydrogens is 438 g/mol. The summed E-state index contributed by atoms with van der Waals surface area (Å²) in [6, 6.07) is 6.52. The van der Waals surface area contributed by atoms with E-state index in [0.29, 0.717) is 18.7 Å². The van der Waals surface area contributed by atoms with Gasteiger partial charge in [-0.15, -0.1) is 17.9 Å². The number of phenols is 1. The van der Waals surface area contributed by atoms with E-state index in [0.717, 1.165) is 28.5 Å². The van der Waals surface area contributed by atoms with Crippen molar-refractivity contribution in [3.8, 4) is 5.75 Å². The molecule has 0 unspecified atom stereocenters. The van der Waals surface area contributed by atoms with E-state index in [2.05, 4.69) is 24.1 Å². The minimum atomic E-state index is -0.649. The number of nitrogens with zero attached hydrogens (tertiary/aromatic N) is 1. The van der Waals surface area contributed by atoms with E-state index >= 15 is 0 Å². The Morgan fingerprint density at radius 2 is 2.18 bits per heavy atom. The summed E-state index contributed by atoms with van der Waals surface area (Å²) in [6.07, 6.45) is 3.48. The largest absolute Gasteiger partial charge is 0.508 e. The third kappa shape index (κ3) is 4.27. The molecule has 1 amide bonds. The van der Waals surface area contributed by atoms with E-state index < -0.39 is 11.5 Å². The molecule has 2 aromatic rings. The molecule has 4 rings (SSSR count). The molecule has 1 aromatic heterocycles. The number of aliphatic hydroxyl groups is 2. The summed E-state index contributed by atoms with van der Waals surface area (Å²) < 4.78 is 0. The summed E-state index contributed by atoms with van der Waals surface area (Å²) in [5, 5.41) is 37.9. The van der Waals surface area contributed by atoms with Crippen LogP contribution < -0.4 is 10.6 Å². The van der Waals surface area contributed by atoms with Gasteiger partial charge in [0.15, 0.2) is 5.13 Å². The SMILES string of the molecule is C=CCNc1nc2c(s1)C[C@@H]1[C@](C)(CO)[C@H](O)CC[C@@]1(C)[C@@H]2CC(=O)Nc1cccc(O)c1. The Balaban J connectivity index is 1.70. The van der Waals surface area contributed by atoms with Crippen LogP contribution in [0.5, 0.6) is 5.75 Å². The number of aromatic hydroxyl groups is 1. The van der Waals surface area contributed by atoms with Crippen LogP contribution in [-0.4, -0.2) is 45.5 Å².